The Morgan fingerprint density at radius 3 is 2.49 bits per heavy atom. The number of fused-ring (bicyclic) bond motifs is 3. The van der Waals surface area contributed by atoms with E-state index in [0.717, 1.165) is 30.9 Å². The van der Waals surface area contributed by atoms with Gasteiger partial charge in [-0.25, -0.2) is 0 Å². The van der Waals surface area contributed by atoms with Crippen molar-refractivity contribution < 1.29 is 4.74 Å². The highest BCUT2D eigenvalue weighted by Gasteiger charge is 2.36. The fourth-order valence-electron chi connectivity index (χ4n) is 5.98. The monoisotopic (exact) mass is 486 g/mol. The van der Waals surface area contributed by atoms with Gasteiger partial charge >= 0.3 is 0 Å². The third-order valence-electron chi connectivity index (χ3n) is 7.80. The molecular weight excluding hydrogens is 444 g/mol. The molecule has 5 rings (SSSR count). The maximum atomic E-state index is 6.27. The highest BCUT2D eigenvalue weighted by molar-refractivity contribution is 6.83. The van der Waals surface area contributed by atoms with Crippen molar-refractivity contribution in [3.63, 3.8) is 0 Å². The van der Waals surface area contributed by atoms with Crippen molar-refractivity contribution in [2.75, 3.05) is 39.3 Å². The number of piperidine rings is 1. The Kier molecular flexibility index (Phi) is 7.67. The molecule has 0 amide bonds. The molecule has 3 heterocycles. The van der Waals surface area contributed by atoms with Crippen LogP contribution in [0.2, 0.25) is 19.6 Å². The minimum Gasteiger partial charge on any atom is -0.494 e. The number of ether oxygens (including phenoxy) is 1. The van der Waals surface area contributed by atoms with Gasteiger partial charge in [-0.2, -0.15) is 0 Å². The minimum absolute atomic E-state index is 0.423. The average molecular weight is 487 g/mol. The van der Waals surface area contributed by atoms with Gasteiger partial charge in [0.1, 0.15) is 13.8 Å². The lowest BCUT2D eigenvalue weighted by molar-refractivity contribution is 0.204. The van der Waals surface area contributed by atoms with Crippen molar-refractivity contribution in [1.29, 1.82) is 0 Å². The first-order chi connectivity index (χ1) is 17.0. The van der Waals surface area contributed by atoms with Crippen LogP contribution in [0.1, 0.15) is 72.7 Å². The number of rotatable bonds is 6. The first-order valence-electron chi connectivity index (χ1n) is 13.8. The standard InChI is InChI=1S/C31H42N2OSi/c1-35(2,3)22-16-25-10-12-26(13-11-25)30-24-33-20-7-9-31(33)29-23-27(14-15-28(29)30)34-21-8-19-32-17-5-4-6-18-32/h10-15,23,30-31H,4-9,17-21,24H2,1-3H3/t30-,31+/m0/s1. The van der Waals surface area contributed by atoms with Gasteiger partial charge in [-0.05, 0) is 92.7 Å². The molecule has 0 unspecified atom stereocenters. The Bertz CT molecular complexity index is 1060. The maximum absolute atomic E-state index is 6.27. The van der Waals surface area contributed by atoms with Crippen LogP contribution in [0.5, 0.6) is 5.75 Å². The highest BCUT2D eigenvalue weighted by atomic mass is 28.3. The summed E-state index contributed by atoms with van der Waals surface area (Å²) in [5.74, 6) is 4.88. The van der Waals surface area contributed by atoms with Gasteiger partial charge in [0.2, 0.25) is 0 Å². The van der Waals surface area contributed by atoms with Gasteiger partial charge in [0, 0.05) is 30.6 Å². The lowest BCUT2D eigenvalue weighted by atomic mass is 9.81. The van der Waals surface area contributed by atoms with Gasteiger partial charge in [0.25, 0.3) is 0 Å². The van der Waals surface area contributed by atoms with Crippen LogP contribution in [0.4, 0.5) is 0 Å². The van der Waals surface area contributed by atoms with Gasteiger partial charge in [0.05, 0.1) is 6.61 Å². The summed E-state index contributed by atoms with van der Waals surface area (Å²) in [6.07, 6.45) is 7.80. The summed E-state index contributed by atoms with van der Waals surface area (Å²) in [5.41, 5.74) is 9.03. The van der Waals surface area contributed by atoms with Crippen LogP contribution < -0.4 is 4.74 Å². The number of likely N-dealkylation sites (tertiary alicyclic amines) is 1. The molecule has 0 aromatic heterocycles. The molecule has 0 saturated carbocycles. The largest absolute Gasteiger partial charge is 0.494 e. The van der Waals surface area contributed by atoms with Crippen LogP contribution in [0.25, 0.3) is 0 Å². The molecule has 0 aliphatic carbocycles. The predicted octanol–water partition coefficient (Wildman–Crippen LogP) is 6.45. The number of benzene rings is 2. The van der Waals surface area contributed by atoms with Crippen LogP contribution in [0.15, 0.2) is 42.5 Å². The molecule has 2 fully saturated rings. The van der Waals surface area contributed by atoms with E-state index >= 15 is 0 Å². The molecular formula is C31H42N2OSi. The van der Waals surface area contributed by atoms with E-state index < -0.39 is 8.07 Å². The van der Waals surface area contributed by atoms with Crippen LogP contribution in [-0.2, 0) is 0 Å². The first-order valence-corrected chi connectivity index (χ1v) is 17.3. The second kappa shape index (κ2) is 10.9. The summed E-state index contributed by atoms with van der Waals surface area (Å²) in [6, 6.07) is 16.5. The Balaban J connectivity index is 1.29. The molecule has 2 saturated heterocycles. The fraction of sp³-hybridized carbons (Fsp3) is 0.548. The molecule has 3 aliphatic rings. The molecule has 0 radical (unpaired) electrons. The topological polar surface area (TPSA) is 15.7 Å². The molecule has 0 N–H and O–H groups in total. The van der Waals surface area contributed by atoms with Gasteiger partial charge in [-0.1, -0.05) is 50.2 Å². The Morgan fingerprint density at radius 1 is 0.914 bits per heavy atom. The van der Waals surface area contributed by atoms with E-state index in [-0.39, 0.29) is 0 Å². The summed E-state index contributed by atoms with van der Waals surface area (Å²) in [4.78, 5) is 5.30. The van der Waals surface area contributed by atoms with E-state index in [1.165, 1.54) is 75.0 Å². The van der Waals surface area contributed by atoms with Gasteiger partial charge in [-0.3, -0.25) is 4.90 Å². The van der Waals surface area contributed by atoms with Crippen molar-refractivity contribution in [3.8, 4) is 17.2 Å². The molecule has 35 heavy (non-hydrogen) atoms. The second-order valence-corrected chi connectivity index (χ2v) is 16.5. The fourth-order valence-corrected chi connectivity index (χ4v) is 6.50. The van der Waals surface area contributed by atoms with E-state index in [0.29, 0.717) is 12.0 Å². The number of hydrogen-bond acceptors (Lipinski definition) is 3. The van der Waals surface area contributed by atoms with Gasteiger partial charge < -0.3 is 9.64 Å². The van der Waals surface area contributed by atoms with Crippen molar-refractivity contribution in [2.45, 2.75) is 70.1 Å². The zero-order valence-corrected chi connectivity index (χ0v) is 23.0. The highest BCUT2D eigenvalue weighted by Crippen LogP contribution is 2.45. The second-order valence-electron chi connectivity index (χ2n) is 11.7. The lowest BCUT2D eigenvalue weighted by Gasteiger charge is -2.37. The smallest absolute Gasteiger partial charge is 0.129 e. The molecule has 3 nitrogen and oxygen atoms in total. The SMILES string of the molecule is C[Si](C)(C)C#Cc1ccc([C@@H]2CN3CCC[C@@H]3c3cc(OCCCN4CCCCC4)ccc32)cc1. The molecule has 2 aromatic carbocycles. The number of hydrogen-bond donors (Lipinski definition) is 0. The summed E-state index contributed by atoms with van der Waals surface area (Å²) < 4.78 is 6.27. The molecule has 2 aromatic rings. The van der Waals surface area contributed by atoms with Gasteiger partial charge in [0.15, 0.2) is 0 Å². The van der Waals surface area contributed by atoms with E-state index in [4.69, 9.17) is 4.74 Å². The molecule has 186 valence electrons. The van der Waals surface area contributed by atoms with E-state index in [2.05, 4.69) is 83.4 Å². The summed E-state index contributed by atoms with van der Waals surface area (Å²) in [5, 5.41) is 0. The molecule has 0 bridgehead atoms. The normalized spacial score (nSPS) is 22.7. The van der Waals surface area contributed by atoms with Crippen LogP contribution >= 0.6 is 0 Å². The zero-order valence-electron chi connectivity index (χ0n) is 22.0. The summed E-state index contributed by atoms with van der Waals surface area (Å²) in [7, 11) is -1.36. The summed E-state index contributed by atoms with van der Waals surface area (Å²) >= 11 is 0. The zero-order chi connectivity index (χ0) is 24.3. The molecule has 4 heteroatoms. The maximum Gasteiger partial charge on any atom is 0.129 e. The van der Waals surface area contributed by atoms with E-state index in [9.17, 15) is 0 Å². The van der Waals surface area contributed by atoms with Crippen LogP contribution in [-0.4, -0.2) is 57.2 Å². The van der Waals surface area contributed by atoms with Crippen molar-refractivity contribution >= 4 is 8.07 Å². The summed E-state index contributed by atoms with van der Waals surface area (Å²) in [6.45, 7) is 13.7. The molecule has 3 aliphatic heterocycles. The lowest BCUT2D eigenvalue weighted by Crippen LogP contribution is -2.34. The Labute approximate surface area is 213 Å². The Morgan fingerprint density at radius 2 is 1.71 bits per heavy atom. The van der Waals surface area contributed by atoms with Gasteiger partial charge in [-0.15, -0.1) is 5.54 Å². The molecule has 0 spiro atoms. The third-order valence-corrected chi connectivity index (χ3v) is 8.68. The van der Waals surface area contributed by atoms with E-state index in [1.807, 2.05) is 0 Å². The van der Waals surface area contributed by atoms with Crippen molar-refractivity contribution in [1.82, 2.24) is 9.80 Å². The van der Waals surface area contributed by atoms with Crippen molar-refractivity contribution in [3.05, 3.63) is 64.7 Å². The molecule has 2 atom stereocenters. The quantitative estimate of drug-likeness (QED) is 0.265. The average Bonchev–Trinajstić information content (AvgIpc) is 3.34. The van der Waals surface area contributed by atoms with Crippen LogP contribution in [0, 0.1) is 11.5 Å². The minimum atomic E-state index is -1.36. The van der Waals surface area contributed by atoms with Crippen molar-refractivity contribution in [2.24, 2.45) is 0 Å². The first kappa shape index (κ1) is 24.6. The van der Waals surface area contributed by atoms with E-state index in [1.54, 1.807) is 0 Å². The Hall–Kier alpha value is -2.06. The predicted molar refractivity (Wildman–Crippen MR) is 149 cm³/mol. The number of nitrogens with zero attached hydrogens (tertiary/aromatic N) is 2. The third kappa shape index (κ3) is 6.20. The van der Waals surface area contributed by atoms with Crippen LogP contribution in [0.3, 0.4) is 0 Å².